The molecule has 0 aliphatic heterocycles. The van der Waals surface area contributed by atoms with Crippen LogP contribution in [0.4, 0.5) is 5.69 Å². The van der Waals surface area contributed by atoms with Crippen molar-refractivity contribution in [3.63, 3.8) is 0 Å². The van der Waals surface area contributed by atoms with Gasteiger partial charge in [0.15, 0.2) is 0 Å². The van der Waals surface area contributed by atoms with Crippen LogP contribution in [0.3, 0.4) is 0 Å². The van der Waals surface area contributed by atoms with E-state index in [2.05, 4.69) is 5.32 Å². The van der Waals surface area contributed by atoms with Crippen LogP contribution < -0.4 is 10.1 Å². The van der Waals surface area contributed by atoms with Crippen molar-refractivity contribution in [3.05, 3.63) is 99.5 Å². The Kier molecular flexibility index (Phi) is 9.23. The number of carboxylic acid groups (broad SMARTS) is 1. The molecule has 31 heavy (non-hydrogen) atoms. The fourth-order valence-electron chi connectivity index (χ4n) is 2.66. The summed E-state index contributed by atoms with van der Waals surface area (Å²) >= 11 is 11.9. The summed E-state index contributed by atoms with van der Waals surface area (Å²) in [4.78, 5) is 24.1. The molecule has 0 fully saturated rings. The number of nitrogens with one attached hydrogen (secondary N) is 1. The van der Waals surface area contributed by atoms with Gasteiger partial charge in [-0.25, -0.2) is 4.79 Å². The summed E-state index contributed by atoms with van der Waals surface area (Å²) in [5.74, 6) is -1.37. The van der Waals surface area contributed by atoms with Crippen LogP contribution in [-0.4, -0.2) is 42.5 Å². The zero-order valence-corrected chi connectivity index (χ0v) is 17.2. The van der Waals surface area contributed by atoms with Gasteiger partial charge in [-0.1, -0.05) is 59.6 Å². The van der Waals surface area contributed by atoms with Gasteiger partial charge in [-0.2, -0.15) is 0 Å². The van der Waals surface area contributed by atoms with Gasteiger partial charge in [0.25, 0.3) is 5.91 Å². The number of hydrogen-bond acceptors (Lipinski definition) is 3. The van der Waals surface area contributed by atoms with Gasteiger partial charge < -0.3 is 15.2 Å². The summed E-state index contributed by atoms with van der Waals surface area (Å²) < 4.78 is 5.60. The molecule has 3 aromatic rings. The molecule has 0 saturated carbocycles. The third-order valence-electron chi connectivity index (χ3n) is 4.10. The van der Waals surface area contributed by atoms with Gasteiger partial charge in [-0.05, 0) is 48.0 Å². The summed E-state index contributed by atoms with van der Waals surface area (Å²) in [6, 6.07) is 18.6. The van der Waals surface area contributed by atoms with E-state index in [0.717, 1.165) is 5.56 Å². The van der Waals surface area contributed by atoms with Crippen molar-refractivity contribution in [2.45, 2.75) is 0 Å². The molecule has 0 radical (unpaired) electrons. The van der Waals surface area contributed by atoms with Crippen LogP contribution >= 0.6 is 23.2 Å². The van der Waals surface area contributed by atoms with Crippen molar-refractivity contribution in [2.24, 2.45) is 0 Å². The van der Waals surface area contributed by atoms with Gasteiger partial charge in [-0.15, -0.1) is 0 Å². The number of carboxylic acids is 1. The number of benzene rings is 3. The zero-order chi connectivity index (χ0) is 21.5. The number of ether oxygens (including phenoxy) is 1. The topological polar surface area (TPSA) is 75.6 Å². The molecule has 154 valence electrons. The number of anilines is 1. The van der Waals surface area contributed by atoms with Crippen molar-refractivity contribution in [3.8, 4) is 5.75 Å². The number of hydrogen-bond donors (Lipinski definition) is 2. The van der Waals surface area contributed by atoms with E-state index >= 15 is 0 Å². The number of amides is 1. The first kappa shape index (κ1) is 24.6. The van der Waals surface area contributed by atoms with Crippen LogP contribution in [0, 0.1) is 0 Å². The van der Waals surface area contributed by atoms with Crippen LogP contribution in [0.2, 0.25) is 10.0 Å². The molecule has 0 aliphatic carbocycles. The summed E-state index contributed by atoms with van der Waals surface area (Å²) in [5.41, 5.74) is 1.25. The van der Waals surface area contributed by atoms with E-state index in [1.807, 2.05) is 42.5 Å². The van der Waals surface area contributed by atoms with Crippen molar-refractivity contribution in [1.82, 2.24) is 0 Å². The zero-order valence-electron chi connectivity index (χ0n) is 15.6. The SMILES string of the molecule is O=C(Nc1ccc(OC/C=C/c2ccccc2)cc1C(=O)O)c1ccc(Cl)cc1Cl.[LiH]. The molecule has 0 saturated heterocycles. The van der Waals surface area contributed by atoms with Crippen LogP contribution in [-0.2, 0) is 0 Å². The molecular formula is C23H18Cl2LiNO4. The molecular weight excluding hydrogens is 432 g/mol. The number of carbonyl (C=O) groups excluding carboxylic acids is 1. The second kappa shape index (κ2) is 11.6. The first-order chi connectivity index (χ1) is 14.4. The van der Waals surface area contributed by atoms with E-state index in [9.17, 15) is 14.7 Å². The molecule has 0 spiro atoms. The minimum atomic E-state index is -1.20. The third-order valence-corrected chi connectivity index (χ3v) is 4.65. The molecule has 1 amide bonds. The Hall–Kier alpha value is -2.68. The Morgan fingerprint density at radius 2 is 1.71 bits per heavy atom. The van der Waals surface area contributed by atoms with Crippen LogP contribution in [0.5, 0.6) is 5.75 Å². The molecule has 8 heteroatoms. The Bertz CT molecular complexity index is 1100. The fraction of sp³-hybridized carbons (Fsp3) is 0.0435. The molecule has 0 aromatic heterocycles. The molecule has 0 aliphatic rings. The summed E-state index contributed by atoms with van der Waals surface area (Å²) in [7, 11) is 0. The van der Waals surface area contributed by atoms with Crippen molar-refractivity contribution >= 4 is 65.7 Å². The van der Waals surface area contributed by atoms with E-state index in [4.69, 9.17) is 27.9 Å². The Labute approximate surface area is 201 Å². The Morgan fingerprint density at radius 1 is 0.968 bits per heavy atom. The van der Waals surface area contributed by atoms with E-state index in [-0.39, 0.29) is 47.3 Å². The predicted molar refractivity (Wildman–Crippen MR) is 126 cm³/mol. The van der Waals surface area contributed by atoms with Crippen molar-refractivity contribution in [2.75, 3.05) is 11.9 Å². The van der Waals surface area contributed by atoms with Gasteiger partial charge in [0, 0.05) is 5.02 Å². The number of halogens is 2. The molecule has 5 nitrogen and oxygen atoms in total. The average molecular weight is 450 g/mol. The van der Waals surface area contributed by atoms with Gasteiger partial charge in [-0.3, -0.25) is 4.79 Å². The predicted octanol–water partition coefficient (Wildman–Crippen LogP) is 5.39. The normalized spacial score (nSPS) is 10.4. The molecule has 3 rings (SSSR count). The molecule has 0 heterocycles. The second-order valence-corrected chi connectivity index (χ2v) is 7.06. The molecule has 2 N–H and O–H groups in total. The first-order valence-corrected chi connectivity index (χ1v) is 9.68. The van der Waals surface area contributed by atoms with Crippen molar-refractivity contribution in [1.29, 1.82) is 0 Å². The number of aromatic carboxylic acids is 1. The molecule has 0 atom stereocenters. The first-order valence-electron chi connectivity index (χ1n) is 8.92. The maximum absolute atomic E-state index is 12.5. The Morgan fingerprint density at radius 3 is 2.39 bits per heavy atom. The molecule has 3 aromatic carbocycles. The third kappa shape index (κ3) is 6.92. The molecule has 0 unspecified atom stereocenters. The fourth-order valence-corrected chi connectivity index (χ4v) is 3.15. The van der Waals surface area contributed by atoms with Crippen LogP contribution in [0.1, 0.15) is 26.3 Å². The standard InChI is InChI=1S/C23H17Cl2NO4.Li.H/c24-16-8-10-18(20(25)13-16)22(27)26-21-11-9-17(14-19(21)23(28)29)30-12-4-7-15-5-2-1-3-6-15;;/h1-11,13-14H,12H2,(H,26,27)(H,28,29);;/b7-4+;;. The summed E-state index contributed by atoms with van der Waals surface area (Å²) in [6.07, 6.45) is 3.73. The van der Waals surface area contributed by atoms with E-state index in [1.165, 1.54) is 30.3 Å². The Balaban J connectivity index is 0.00000341. The quantitative estimate of drug-likeness (QED) is 0.474. The summed E-state index contributed by atoms with van der Waals surface area (Å²) in [6.45, 7) is 0.264. The molecule has 0 bridgehead atoms. The maximum atomic E-state index is 12.5. The van der Waals surface area contributed by atoms with E-state index in [1.54, 1.807) is 6.07 Å². The van der Waals surface area contributed by atoms with E-state index in [0.29, 0.717) is 10.8 Å². The van der Waals surface area contributed by atoms with Crippen molar-refractivity contribution < 1.29 is 19.4 Å². The minimum absolute atomic E-state index is 0. The number of rotatable bonds is 7. The second-order valence-electron chi connectivity index (χ2n) is 6.21. The average Bonchev–Trinajstić information content (AvgIpc) is 2.72. The van der Waals surface area contributed by atoms with Gasteiger partial charge in [0.05, 0.1) is 21.8 Å². The monoisotopic (exact) mass is 449 g/mol. The van der Waals surface area contributed by atoms with Gasteiger partial charge >= 0.3 is 24.8 Å². The summed E-state index contributed by atoms with van der Waals surface area (Å²) in [5, 5.41) is 12.7. The van der Waals surface area contributed by atoms with E-state index < -0.39 is 11.9 Å². The van der Waals surface area contributed by atoms with Gasteiger partial charge in [0.1, 0.15) is 12.4 Å². The van der Waals surface area contributed by atoms with Crippen LogP contribution in [0.15, 0.2) is 72.8 Å². The van der Waals surface area contributed by atoms with Crippen LogP contribution in [0.25, 0.3) is 6.08 Å². The van der Waals surface area contributed by atoms with Gasteiger partial charge in [0.2, 0.25) is 0 Å². The number of carbonyl (C=O) groups is 2.